The average Bonchev–Trinajstić information content (AvgIpc) is 3.42. The summed E-state index contributed by atoms with van der Waals surface area (Å²) in [6.45, 7) is 2.35. The Morgan fingerprint density at radius 2 is 2.14 bits per heavy atom. The first kappa shape index (κ1) is 20.0. The van der Waals surface area contributed by atoms with Crippen molar-refractivity contribution in [3.8, 4) is 11.5 Å². The lowest BCUT2D eigenvalue weighted by Gasteiger charge is -2.19. The van der Waals surface area contributed by atoms with Crippen LogP contribution in [0.2, 0.25) is 0 Å². The van der Waals surface area contributed by atoms with Crippen LogP contribution in [0.15, 0.2) is 41.7 Å². The Bertz CT molecular complexity index is 739. The highest BCUT2D eigenvalue weighted by Gasteiger charge is 2.18. The summed E-state index contributed by atoms with van der Waals surface area (Å²) >= 11 is 0. The van der Waals surface area contributed by atoms with Crippen LogP contribution < -0.4 is 20.1 Å². The van der Waals surface area contributed by atoms with E-state index in [4.69, 9.17) is 9.47 Å². The Hall–Kier alpha value is -2.70. The molecule has 0 spiro atoms. The van der Waals surface area contributed by atoms with E-state index in [2.05, 4.69) is 26.8 Å². The number of nitrogens with one attached hydrogen (secondary N) is 2. The number of guanidine groups is 1. The van der Waals surface area contributed by atoms with Crippen LogP contribution in [-0.4, -0.2) is 42.5 Å². The van der Waals surface area contributed by atoms with E-state index in [1.54, 1.807) is 20.4 Å². The molecule has 0 bridgehead atoms. The highest BCUT2D eigenvalue weighted by Crippen LogP contribution is 2.29. The second-order valence-electron chi connectivity index (χ2n) is 6.97. The minimum atomic E-state index is 0.311. The Balaban J connectivity index is 1.51. The molecule has 1 heterocycles. The van der Waals surface area contributed by atoms with Gasteiger partial charge in [-0.25, -0.2) is 0 Å². The molecule has 7 nitrogen and oxygen atoms in total. The molecule has 1 aliphatic rings. The van der Waals surface area contributed by atoms with E-state index in [0.29, 0.717) is 12.6 Å². The maximum atomic E-state index is 6.26. The van der Waals surface area contributed by atoms with Gasteiger partial charge in [-0.15, -0.1) is 0 Å². The lowest BCUT2D eigenvalue weighted by Crippen LogP contribution is -2.37. The predicted octanol–water partition coefficient (Wildman–Crippen LogP) is 2.97. The summed E-state index contributed by atoms with van der Waals surface area (Å²) in [6, 6.07) is 7.95. The van der Waals surface area contributed by atoms with Crippen LogP contribution >= 0.6 is 0 Å². The quantitative estimate of drug-likeness (QED) is 0.394. The van der Waals surface area contributed by atoms with Crippen LogP contribution in [0.4, 0.5) is 0 Å². The summed E-state index contributed by atoms with van der Waals surface area (Å²) in [7, 11) is 3.47. The van der Waals surface area contributed by atoms with Crippen molar-refractivity contribution in [2.45, 2.75) is 51.3 Å². The molecule has 0 amide bonds. The molecule has 1 aliphatic carbocycles. The Morgan fingerprint density at radius 1 is 1.29 bits per heavy atom. The summed E-state index contributed by atoms with van der Waals surface area (Å²) in [5.41, 5.74) is 1.10. The number of aliphatic imine (C=N–C) groups is 1. The number of nitrogens with zero attached hydrogens (tertiary/aromatic N) is 3. The number of ether oxygens (including phenoxy) is 2. The maximum Gasteiger partial charge on any atom is 0.191 e. The molecule has 1 aromatic carbocycles. The second kappa shape index (κ2) is 10.6. The van der Waals surface area contributed by atoms with Crippen LogP contribution in [0.5, 0.6) is 11.5 Å². The van der Waals surface area contributed by atoms with Gasteiger partial charge in [-0.3, -0.25) is 9.67 Å². The Kier molecular flexibility index (Phi) is 7.58. The van der Waals surface area contributed by atoms with Gasteiger partial charge in [0.05, 0.1) is 13.2 Å². The van der Waals surface area contributed by atoms with Crippen molar-refractivity contribution in [2.24, 2.45) is 4.99 Å². The number of hydrogen-bond acceptors (Lipinski definition) is 4. The van der Waals surface area contributed by atoms with Gasteiger partial charge in [0.1, 0.15) is 11.5 Å². The summed E-state index contributed by atoms with van der Waals surface area (Å²) in [6.07, 6.45) is 9.81. The van der Waals surface area contributed by atoms with Crippen molar-refractivity contribution in [2.75, 3.05) is 20.7 Å². The molecule has 0 unspecified atom stereocenters. The van der Waals surface area contributed by atoms with E-state index in [1.165, 1.54) is 12.8 Å². The molecule has 0 saturated heterocycles. The van der Waals surface area contributed by atoms with E-state index in [9.17, 15) is 0 Å². The number of methoxy groups -OCH3 is 1. The fourth-order valence-corrected chi connectivity index (χ4v) is 3.38. The van der Waals surface area contributed by atoms with Crippen LogP contribution in [0, 0.1) is 0 Å². The van der Waals surface area contributed by atoms with Crippen molar-refractivity contribution in [3.63, 3.8) is 0 Å². The van der Waals surface area contributed by atoms with E-state index in [-0.39, 0.29) is 0 Å². The van der Waals surface area contributed by atoms with Crippen LogP contribution in [-0.2, 0) is 13.1 Å². The number of hydrogen-bond donors (Lipinski definition) is 2. The van der Waals surface area contributed by atoms with Gasteiger partial charge in [0.15, 0.2) is 5.96 Å². The number of aryl methyl sites for hydroxylation is 1. The molecule has 1 saturated carbocycles. The van der Waals surface area contributed by atoms with Crippen LogP contribution in [0.1, 0.15) is 37.7 Å². The molecule has 152 valence electrons. The molecular formula is C21H31N5O2. The van der Waals surface area contributed by atoms with E-state index in [1.807, 2.05) is 29.1 Å². The fourth-order valence-electron chi connectivity index (χ4n) is 3.38. The SMILES string of the molecule is CN=C(NCCCn1cccn1)NCc1ccc(OC)cc1OC1CCCC1. The molecule has 28 heavy (non-hydrogen) atoms. The van der Waals surface area contributed by atoms with Gasteiger partial charge in [0.2, 0.25) is 0 Å². The molecule has 1 aromatic heterocycles. The zero-order valence-corrected chi connectivity index (χ0v) is 16.9. The number of rotatable bonds is 9. The molecule has 0 radical (unpaired) electrons. The second-order valence-corrected chi connectivity index (χ2v) is 6.97. The molecular weight excluding hydrogens is 354 g/mol. The van der Waals surface area contributed by atoms with E-state index < -0.39 is 0 Å². The Labute approximate surface area is 167 Å². The third kappa shape index (κ3) is 5.90. The lowest BCUT2D eigenvalue weighted by atomic mass is 10.2. The van der Waals surface area contributed by atoms with Crippen molar-refractivity contribution >= 4 is 5.96 Å². The van der Waals surface area contributed by atoms with Gasteiger partial charge >= 0.3 is 0 Å². The third-order valence-electron chi connectivity index (χ3n) is 4.96. The normalized spacial score (nSPS) is 14.9. The molecule has 0 aliphatic heterocycles. The maximum absolute atomic E-state index is 6.26. The predicted molar refractivity (Wildman–Crippen MR) is 111 cm³/mol. The summed E-state index contributed by atoms with van der Waals surface area (Å²) in [5.74, 6) is 2.49. The number of aromatic nitrogens is 2. The summed E-state index contributed by atoms with van der Waals surface area (Å²) in [4.78, 5) is 4.31. The smallest absolute Gasteiger partial charge is 0.191 e. The average molecular weight is 386 g/mol. The monoisotopic (exact) mass is 385 g/mol. The van der Waals surface area contributed by atoms with Crippen molar-refractivity contribution < 1.29 is 9.47 Å². The van der Waals surface area contributed by atoms with Crippen molar-refractivity contribution in [1.82, 2.24) is 20.4 Å². The number of benzene rings is 1. The van der Waals surface area contributed by atoms with Gasteiger partial charge in [-0.05, 0) is 50.3 Å². The van der Waals surface area contributed by atoms with Crippen molar-refractivity contribution in [3.05, 3.63) is 42.2 Å². The standard InChI is InChI=1S/C21H31N5O2/c1-22-21(23-11-5-13-26-14-6-12-25-26)24-16-17-9-10-19(27-2)15-20(17)28-18-7-3-4-8-18/h6,9-10,12,14-15,18H,3-5,7-8,11,13,16H2,1-2H3,(H2,22,23,24). The highest BCUT2D eigenvalue weighted by molar-refractivity contribution is 5.79. The first-order valence-electron chi connectivity index (χ1n) is 10.0. The largest absolute Gasteiger partial charge is 0.497 e. The minimum Gasteiger partial charge on any atom is -0.497 e. The topological polar surface area (TPSA) is 72.7 Å². The minimum absolute atomic E-state index is 0.311. The highest BCUT2D eigenvalue weighted by atomic mass is 16.5. The Morgan fingerprint density at radius 3 is 2.86 bits per heavy atom. The van der Waals surface area contributed by atoms with Gasteiger partial charge < -0.3 is 20.1 Å². The molecule has 0 atom stereocenters. The zero-order valence-electron chi connectivity index (χ0n) is 16.9. The lowest BCUT2D eigenvalue weighted by molar-refractivity contribution is 0.207. The summed E-state index contributed by atoms with van der Waals surface area (Å²) < 4.78 is 13.6. The first-order valence-corrected chi connectivity index (χ1v) is 10.0. The first-order chi connectivity index (χ1) is 13.8. The van der Waals surface area contributed by atoms with Crippen LogP contribution in [0.25, 0.3) is 0 Å². The van der Waals surface area contributed by atoms with Gasteiger partial charge in [-0.1, -0.05) is 0 Å². The van der Waals surface area contributed by atoms with Gasteiger partial charge in [0.25, 0.3) is 0 Å². The molecule has 2 N–H and O–H groups in total. The van der Waals surface area contributed by atoms with E-state index >= 15 is 0 Å². The molecule has 3 rings (SSSR count). The molecule has 1 fully saturated rings. The third-order valence-corrected chi connectivity index (χ3v) is 4.96. The molecule has 2 aromatic rings. The molecule has 7 heteroatoms. The van der Waals surface area contributed by atoms with Crippen LogP contribution in [0.3, 0.4) is 0 Å². The van der Waals surface area contributed by atoms with Crippen molar-refractivity contribution in [1.29, 1.82) is 0 Å². The fraction of sp³-hybridized carbons (Fsp3) is 0.524. The summed E-state index contributed by atoms with van der Waals surface area (Å²) in [5, 5.41) is 10.9. The zero-order chi connectivity index (χ0) is 19.6. The van der Waals surface area contributed by atoms with Gasteiger partial charge in [-0.2, -0.15) is 5.10 Å². The van der Waals surface area contributed by atoms with E-state index in [0.717, 1.165) is 55.4 Å². The van der Waals surface area contributed by atoms with Gasteiger partial charge in [0, 0.05) is 50.7 Å².